The van der Waals surface area contributed by atoms with Crippen molar-refractivity contribution in [2.45, 2.75) is 12.8 Å². The van der Waals surface area contributed by atoms with Gasteiger partial charge < -0.3 is 10.3 Å². The lowest BCUT2D eigenvalue weighted by Gasteiger charge is -2.07. The van der Waals surface area contributed by atoms with Crippen molar-refractivity contribution in [3.63, 3.8) is 0 Å². The number of nitrogens with zero attached hydrogens (tertiary/aromatic N) is 2. The summed E-state index contributed by atoms with van der Waals surface area (Å²) in [5, 5.41) is 0. The highest BCUT2D eigenvalue weighted by Gasteiger charge is 2.13. The summed E-state index contributed by atoms with van der Waals surface area (Å²) in [4.78, 5) is 16.4. The van der Waals surface area contributed by atoms with Gasteiger partial charge in [-0.3, -0.25) is 4.79 Å². The first-order chi connectivity index (χ1) is 8.72. The first-order valence-corrected chi connectivity index (χ1v) is 5.99. The van der Waals surface area contributed by atoms with Gasteiger partial charge in [0.1, 0.15) is 5.82 Å². The van der Waals surface area contributed by atoms with Gasteiger partial charge in [0.15, 0.2) is 5.78 Å². The number of carbonyl (C=O) groups is 1. The number of aromatic nitrogens is 2. The number of aryl methyl sites for hydroxylation is 1. The summed E-state index contributed by atoms with van der Waals surface area (Å²) in [5.74, 6) is 0.871. The molecular formula is C14H17N3O. The Balaban J connectivity index is 2.21. The van der Waals surface area contributed by atoms with Gasteiger partial charge in [-0.15, -0.1) is 0 Å². The van der Waals surface area contributed by atoms with Crippen molar-refractivity contribution >= 4 is 5.78 Å². The third kappa shape index (κ3) is 2.65. The fourth-order valence-corrected chi connectivity index (χ4v) is 1.97. The van der Waals surface area contributed by atoms with Crippen molar-refractivity contribution in [2.24, 2.45) is 12.8 Å². The van der Waals surface area contributed by atoms with Crippen LogP contribution in [0.5, 0.6) is 0 Å². The zero-order chi connectivity index (χ0) is 13.0. The highest BCUT2D eigenvalue weighted by Crippen LogP contribution is 2.12. The molecule has 1 heterocycles. The maximum Gasteiger partial charge on any atom is 0.170 e. The second kappa shape index (κ2) is 5.60. The molecule has 0 fully saturated rings. The van der Waals surface area contributed by atoms with Crippen LogP contribution < -0.4 is 5.73 Å². The van der Waals surface area contributed by atoms with Crippen LogP contribution in [0.25, 0.3) is 0 Å². The lowest BCUT2D eigenvalue weighted by Crippen LogP contribution is -2.12. The average molecular weight is 243 g/mol. The minimum atomic E-state index is 0.0911. The molecule has 0 amide bonds. The monoisotopic (exact) mass is 243 g/mol. The van der Waals surface area contributed by atoms with E-state index in [4.69, 9.17) is 5.73 Å². The largest absolute Gasteiger partial charge is 0.338 e. The van der Waals surface area contributed by atoms with Gasteiger partial charge in [0.05, 0.1) is 6.42 Å². The third-order valence-corrected chi connectivity index (χ3v) is 2.97. The average Bonchev–Trinajstić information content (AvgIpc) is 2.76. The summed E-state index contributed by atoms with van der Waals surface area (Å²) < 4.78 is 1.86. The molecule has 0 spiro atoms. The standard InChI is InChI=1S/C14H17N3O/c1-17-9-8-16-14(17)10-13(18)12-5-3-2-4-11(12)6-7-15/h2-5,8-9H,6-7,10,15H2,1H3. The molecule has 0 aliphatic carbocycles. The van der Waals surface area contributed by atoms with E-state index in [-0.39, 0.29) is 5.78 Å². The Kier molecular flexibility index (Phi) is 3.89. The van der Waals surface area contributed by atoms with Gasteiger partial charge in [0.2, 0.25) is 0 Å². The number of Topliss-reactive ketones (excluding diaryl/α,β-unsaturated/α-hetero) is 1. The smallest absolute Gasteiger partial charge is 0.170 e. The molecular weight excluding hydrogens is 226 g/mol. The van der Waals surface area contributed by atoms with E-state index in [0.717, 1.165) is 23.4 Å². The summed E-state index contributed by atoms with van der Waals surface area (Å²) in [6.07, 6.45) is 4.59. The number of benzene rings is 1. The number of carbonyl (C=O) groups excluding carboxylic acids is 1. The van der Waals surface area contributed by atoms with E-state index in [9.17, 15) is 4.79 Å². The fraction of sp³-hybridized carbons (Fsp3) is 0.286. The van der Waals surface area contributed by atoms with Crippen LogP contribution in [-0.4, -0.2) is 21.9 Å². The summed E-state index contributed by atoms with van der Waals surface area (Å²) >= 11 is 0. The lowest BCUT2D eigenvalue weighted by atomic mass is 9.99. The van der Waals surface area contributed by atoms with E-state index < -0.39 is 0 Å². The molecule has 0 unspecified atom stereocenters. The number of nitrogens with two attached hydrogens (primary N) is 1. The van der Waals surface area contributed by atoms with Crippen LogP contribution in [0.2, 0.25) is 0 Å². The zero-order valence-corrected chi connectivity index (χ0v) is 10.5. The molecule has 0 atom stereocenters. The topological polar surface area (TPSA) is 60.9 Å². The minimum absolute atomic E-state index is 0.0911. The van der Waals surface area contributed by atoms with Gasteiger partial charge >= 0.3 is 0 Å². The predicted octanol–water partition coefficient (Wildman–Crippen LogP) is 1.35. The maximum atomic E-state index is 12.3. The molecule has 2 aromatic rings. The maximum absolute atomic E-state index is 12.3. The number of hydrogen-bond donors (Lipinski definition) is 1. The van der Waals surface area contributed by atoms with Crippen molar-refractivity contribution in [3.05, 3.63) is 53.6 Å². The number of rotatable bonds is 5. The zero-order valence-electron chi connectivity index (χ0n) is 10.5. The minimum Gasteiger partial charge on any atom is -0.338 e. The predicted molar refractivity (Wildman–Crippen MR) is 70.4 cm³/mol. The molecule has 94 valence electrons. The Labute approximate surface area is 106 Å². The van der Waals surface area contributed by atoms with Crippen molar-refractivity contribution in [1.82, 2.24) is 9.55 Å². The molecule has 0 saturated carbocycles. The fourth-order valence-electron chi connectivity index (χ4n) is 1.97. The van der Waals surface area contributed by atoms with Gasteiger partial charge in [-0.05, 0) is 18.5 Å². The molecule has 0 aliphatic heterocycles. The highest BCUT2D eigenvalue weighted by atomic mass is 16.1. The second-order valence-electron chi connectivity index (χ2n) is 4.25. The molecule has 0 radical (unpaired) electrons. The number of imidazole rings is 1. The molecule has 0 bridgehead atoms. The van der Waals surface area contributed by atoms with Gasteiger partial charge in [-0.1, -0.05) is 24.3 Å². The Morgan fingerprint density at radius 2 is 2.17 bits per heavy atom. The van der Waals surface area contributed by atoms with Gasteiger partial charge in [0, 0.05) is 25.0 Å². The Bertz CT molecular complexity index is 545. The normalized spacial score (nSPS) is 10.6. The Morgan fingerprint density at radius 3 is 2.83 bits per heavy atom. The van der Waals surface area contributed by atoms with Crippen LogP contribution in [0.3, 0.4) is 0 Å². The first kappa shape index (κ1) is 12.5. The van der Waals surface area contributed by atoms with Gasteiger partial charge in [-0.25, -0.2) is 4.98 Å². The molecule has 0 saturated heterocycles. The van der Waals surface area contributed by atoms with Crippen molar-refractivity contribution in [3.8, 4) is 0 Å². The Hall–Kier alpha value is -1.94. The summed E-state index contributed by atoms with van der Waals surface area (Å²) in [6, 6.07) is 7.63. The van der Waals surface area contributed by atoms with Crippen LogP contribution in [0.1, 0.15) is 21.7 Å². The van der Waals surface area contributed by atoms with E-state index in [2.05, 4.69) is 4.98 Å². The molecule has 4 nitrogen and oxygen atoms in total. The summed E-state index contributed by atoms with van der Waals surface area (Å²) in [7, 11) is 1.89. The molecule has 18 heavy (non-hydrogen) atoms. The number of ketones is 1. The van der Waals surface area contributed by atoms with Crippen molar-refractivity contribution in [2.75, 3.05) is 6.54 Å². The molecule has 1 aromatic carbocycles. The Morgan fingerprint density at radius 1 is 1.39 bits per heavy atom. The highest BCUT2D eigenvalue weighted by molar-refractivity contribution is 5.98. The number of hydrogen-bond acceptors (Lipinski definition) is 3. The molecule has 4 heteroatoms. The first-order valence-electron chi connectivity index (χ1n) is 5.99. The van der Waals surface area contributed by atoms with Crippen LogP contribution in [-0.2, 0) is 19.9 Å². The van der Waals surface area contributed by atoms with Gasteiger partial charge in [-0.2, -0.15) is 0 Å². The third-order valence-electron chi connectivity index (χ3n) is 2.97. The second-order valence-corrected chi connectivity index (χ2v) is 4.25. The van der Waals surface area contributed by atoms with E-state index >= 15 is 0 Å². The van der Waals surface area contributed by atoms with Crippen LogP contribution in [0.4, 0.5) is 0 Å². The molecule has 0 aliphatic rings. The quantitative estimate of drug-likeness (QED) is 0.806. The lowest BCUT2D eigenvalue weighted by molar-refractivity contribution is 0.0989. The van der Waals surface area contributed by atoms with E-state index in [0.29, 0.717) is 13.0 Å². The van der Waals surface area contributed by atoms with E-state index in [1.807, 2.05) is 42.1 Å². The molecule has 1 aromatic heterocycles. The summed E-state index contributed by atoms with van der Waals surface area (Å²) in [5.41, 5.74) is 7.33. The van der Waals surface area contributed by atoms with Crippen LogP contribution in [0, 0.1) is 0 Å². The van der Waals surface area contributed by atoms with Crippen molar-refractivity contribution < 1.29 is 4.79 Å². The van der Waals surface area contributed by atoms with E-state index in [1.165, 1.54) is 0 Å². The van der Waals surface area contributed by atoms with Gasteiger partial charge in [0.25, 0.3) is 0 Å². The van der Waals surface area contributed by atoms with Crippen LogP contribution >= 0.6 is 0 Å². The molecule has 2 rings (SSSR count). The van der Waals surface area contributed by atoms with Crippen molar-refractivity contribution in [1.29, 1.82) is 0 Å². The van der Waals surface area contributed by atoms with Crippen LogP contribution in [0.15, 0.2) is 36.7 Å². The molecule has 2 N–H and O–H groups in total. The SMILES string of the molecule is Cn1ccnc1CC(=O)c1ccccc1CCN. The summed E-state index contributed by atoms with van der Waals surface area (Å²) in [6.45, 7) is 0.548. The van der Waals surface area contributed by atoms with E-state index in [1.54, 1.807) is 6.20 Å².